The van der Waals surface area contributed by atoms with Crippen LogP contribution in [0.3, 0.4) is 0 Å². The van der Waals surface area contributed by atoms with Crippen LogP contribution in [0, 0.1) is 17.0 Å². The molecule has 6 aliphatic rings. The number of ether oxygens (including phenoxy) is 3. The molecule has 1 amide bonds. The molecule has 0 N–H and O–H groups in total. The molecule has 7 nitrogen and oxygen atoms in total. The summed E-state index contributed by atoms with van der Waals surface area (Å²) in [6, 6.07) is 3.96. The molecule has 158 valence electrons. The van der Waals surface area contributed by atoms with E-state index >= 15 is 0 Å². The molecule has 0 aromatic heterocycles. The molecule has 1 aromatic rings. The third-order valence-corrected chi connectivity index (χ3v) is 9.10. The number of hydrogen-bond acceptors (Lipinski definition) is 5. The summed E-state index contributed by atoms with van der Waals surface area (Å²) in [6.45, 7) is 1.70. The maximum absolute atomic E-state index is 14.1. The van der Waals surface area contributed by atoms with E-state index in [1.807, 2.05) is 17.0 Å². The number of amides is 1. The molecule has 0 radical (unpaired) electrons. The monoisotopic (exact) mass is 410 g/mol. The van der Waals surface area contributed by atoms with Crippen LogP contribution < -0.4 is 14.4 Å². The van der Waals surface area contributed by atoms with E-state index in [-0.39, 0.29) is 40.1 Å². The van der Waals surface area contributed by atoms with Gasteiger partial charge in [-0.25, -0.2) is 0 Å². The quantitative estimate of drug-likeness (QED) is 0.424. The normalized spacial score (nSPS) is 44.4. The van der Waals surface area contributed by atoms with Gasteiger partial charge in [0.05, 0.1) is 57.0 Å². The Morgan fingerprint density at radius 2 is 2.07 bits per heavy atom. The fraction of sp³-hybridized carbons (Fsp3) is 0.609. The summed E-state index contributed by atoms with van der Waals surface area (Å²) in [6.07, 6.45) is 4.18. The van der Waals surface area contributed by atoms with Crippen molar-refractivity contribution in [3.63, 3.8) is 0 Å². The van der Waals surface area contributed by atoms with Gasteiger partial charge in [-0.3, -0.25) is 4.79 Å². The van der Waals surface area contributed by atoms with Crippen molar-refractivity contribution in [1.82, 2.24) is 0 Å². The lowest BCUT2D eigenvalue weighted by atomic mass is 9.53. The molecule has 4 fully saturated rings. The molecule has 1 spiro atoms. The van der Waals surface area contributed by atoms with Crippen molar-refractivity contribution >= 4 is 11.6 Å². The fourth-order valence-electron chi connectivity index (χ4n) is 8.13. The van der Waals surface area contributed by atoms with Gasteiger partial charge in [0.15, 0.2) is 11.5 Å². The number of nitrogens with zero attached hydrogens (tertiary/aromatic N) is 2. The first-order chi connectivity index (χ1) is 14.5. The minimum absolute atomic E-state index is 0.0185. The number of fused-ring (bicyclic) bond motifs is 2. The topological polar surface area (TPSA) is 71.1 Å². The Balaban J connectivity index is 1.54. The Kier molecular flexibility index (Phi) is 3.16. The number of methoxy groups -OCH3 is 2. The average Bonchev–Trinajstić information content (AvgIpc) is 3.15. The number of piperidine rings is 2. The molecule has 1 aliphatic carbocycles. The summed E-state index contributed by atoms with van der Waals surface area (Å²) >= 11 is 0. The van der Waals surface area contributed by atoms with Gasteiger partial charge in [0, 0.05) is 24.8 Å². The molecular formula is C23H26N2O5. The Morgan fingerprint density at radius 1 is 1.27 bits per heavy atom. The van der Waals surface area contributed by atoms with E-state index in [1.165, 1.54) is 5.57 Å². The number of anilines is 1. The van der Waals surface area contributed by atoms with Gasteiger partial charge in [0.1, 0.15) is 12.6 Å². The first-order valence-corrected chi connectivity index (χ1v) is 11.0. The predicted octanol–water partition coefficient (Wildman–Crippen LogP) is 2.12. The van der Waals surface area contributed by atoms with Crippen LogP contribution >= 0.6 is 0 Å². The number of hydrogen-bond donors (Lipinski definition) is 0. The number of rotatable bonds is 2. The Morgan fingerprint density at radius 3 is 2.87 bits per heavy atom. The summed E-state index contributed by atoms with van der Waals surface area (Å²) in [5.41, 5.74) is 2.96. The zero-order chi connectivity index (χ0) is 20.4. The number of carbonyl (C=O) groups excluding carboxylic acids is 1. The smallest absolute Gasteiger partial charge is 0.229 e. The maximum Gasteiger partial charge on any atom is 0.229 e. The third-order valence-electron chi connectivity index (χ3n) is 9.10. The standard InChI is InChI=1S/C23H26N2O5/c1-28-16-8-14-15(9-17(16)29-2)24-20(26)10-18-21-13-7-19-23(14,22(21)24)4-5-25(19,27)11-12(13)3-6-30-18/h3,8-9,13,18-19,21-22H,4-7,10-11H2,1-2H3/t13-,18?,19?,21?,22?,23+,25?/m0/s1. The van der Waals surface area contributed by atoms with Crippen LogP contribution in [0.15, 0.2) is 23.8 Å². The molecular weight excluding hydrogens is 384 g/mol. The third kappa shape index (κ3) is 1.75. The van der Waals surface area contributed by atoms with Gasteiger partial charge in [-0.15, -0.1) is 0 Å². The van der Waals surface area contributed by atoms with Gasteiger partial charge in [-0.05, 0) is 23.1 Å². The lowest BCUT2D eigenvalue weighted by Crippen LogP contribution is -2.71. The van der Waals surface area contributed by atoms with E-state index in [0.717, 1.165) is 24.1 Å². The van der Waals surface area contributed by atoms with E-state index in [4.69, 9.17) is 14.2 Å². The minimum Gasteiger partial charge on any atom is -0.632 e. The average molecular weight is 410 g/mol. The van der Waals surface area contributed by atoms with Crippen LogP contribution in [0.5, 0.6) is 11.5 Å². The molecule has 2 bridgehead atoms. The zero-order valence-corrected chi connectivity index (χ0v) is 17.3. The van der Waals surface area contributed by atoms with Crippen molar-refractivity contribution in [2.24, 2.45) is 11.8 Å². The number of carbonyl (C=O) groups is 1. The number of hydroxylamine groups is 3. The number of benzene rings is 1. The SMILES string of the molecule is COc1cc2c(cc1OC)[C@@]13CC[N+]4([O-])CC5=CCOC6CC(=O)N2C1C6[C@H]5CC34. The summed E-state index contributed by atoms with van der Waals surface area (Å²) < 4.78 is 17.3. The van der Waals surface area contributed by atoms with Crippen molar-refractivity contribution in [2.45, 2.75) is 42.9 Å². The second kappa shape index (κ2) is 5.39. The molecule has 7 rings (SSSR count). The molecule has 7 heteroatoms. The molecule has 7 atom stereocenters. The first kappa shape index (κ1) is 17.6. The minimum atomic E-state index is -0.328. The second-order valence-corrected chi connectivity index (χ2v) is 9.85. The highest BCUT2D eigenvalue weighted by molar-refractivity contribution is 5.99. The predicted molar refractivity (Wildman–Crippen MR) is 108 cm³/mol. The van der Waals surface area contributed by atoms with Gasteiger partial charge in [-0.1, -0.05) is 6.08 Å². The summed E-state index contributed by atoms with van der Waals surface area (Å²) in [7, 11) is 3.26. The highest BCUT2D eigenvalue weighted by Gasteiger charge is 2.74. The molecule has 1 aromatic carbocycles. The van der Waals surface area contributed by atoms with E-state index < -0.39 is 0 Å². The second-order valence-electron chi connectivity index (χ2n) is 9.85. The summed E-state index contributed by atoms with van der Waals surface area (Å²) in [5.74, 6) is 1.98. The molecule has 30 heavy (non-hydrogen) atoms. The molecule has 5 unspecified atom stereocenters. The molecule has 5 heterocycles. The largest absolute Gasteiger partial charge is 0.632 e. The Bertz CT molecular complexity index is 1020. The van der Waals surface area contributed by atoms with Crippen molar-refractivity contribution < 1.29 is 23.7 Å². The van der Waals surface area contributed by atoms with E-state index in [2.05, 4.69) is 6.08 Å². The van der Waals surface area contributed by atoms with Gasteiger partial charge in [-0.2, -0.15) is 0 Å². The van der Waals surface area contributed by atoms with Crippen LogP contribution in [0.4, 0.5) is 5.69 Å². The van der Waals surface area contributed by atoms with Crippen LogP contribution in [0.25, 0.3) is 0 Å². The lowest BCUT2D eigenvalue weighted by Gasteiger charge is -2.61. The van der Waals surface area contributed by atoms with E-state index in [0.29, 0.717) is 43.5 Å². The van der Waals surface area contributed by atoms with Crippen molar-refractivity contribution in [3.05, 3.63) is 34.6 Å². The van der Waals surface area contributed by atoms with E-state index in [1.54, 1.807) is 14.2 Å². The maximum atomic E-state index is 14.1. The van der Waals surface area contributed by atoms with Gasteiger partial charge >= 0.3 is 0 Å². The van der Waals surface area contributed by atoms with E-state index in [9.17, 15) is 10.0 Å². The molecule has 3 saturated heterocycles. The first-order valence-electron chi connectivity index (χ1n) is 11.0. The van der Waals surface area contributed by atoms with Gasteiger partial charge in [0.25, 0.3) is 0 Å². The highest BCUT2D eigenvalue weighted by atomic mass is 16.6. The Labute approximate surface area is 175 Å². The van der Waals surface area contributed by atoms with Gasteiger partial charge in [0.2, 0.25) is 5.91 Å². The fourth-order valence-corrected chi connectivity index (χ4v) is 8.13. The van der Waals surface area contributed by atoms with Gasteiger partial charge < -0.3 is 29.0 Å². The van der Waals surface area contributed by atoms with Crippen molar-refractivity contribution in [2.75, 3.05) is 38.8 Å². The van der Waals surface area contributed by atoms with Crippen molar-refractivity contribution in [3.8, 4) is 11.5 Å². The summed E-state index contributed by atoms with van der Waals surface area (Å²) in [5, 5.41) is 14.1. The van der Waals surface area contributed by atoms with Crippen LogP contribution in [0.2, 0.25) is 0 Å². The van der Waals surface area contributed by atoms with Crippen LogP contribution in [-0.4, -0.2) is 62.7 Å². The van der Waals surface area contributed by atoms with Crippen LogP contribution in [0.1, 0.15) is 24.8 Å². The highest BCUT2D eigenvalue weighted by Crippen LogP contribution is 2.68. The molecule has 1 saturated carbocycles. The van der Waals surface area contributed by atoms with Crippen LogP contribution in [-0.2, 0) is 14.9 Å². The number of quaternary nitrogens is 1. The molecule has 5 aliphatic heterocycles. The lowest BCUT2D eigenvalue weighted by molar-refractivity contribution is -0.896. The summed E-state index contributed by atoms with van der Waals surface area (Å²) in [4.78, 5) is 15.5. The Hall–Kier alpha value is -2.09. The van der Waals surface area contributed by atoms with Crippen molar-refractivity contribution in [1.29, 1.82) is 0 Å². The zero-order valence-electron chi connectivity index (χ0n) is 17.3.